The Labute approximate surface area is 52.6 Å². The van der Waals surface area contributed by atoms with Crippen LogP contribution < -0.4 is 10.6 Å². The fourth-order valence-corrected chi connectivity index (χ4v) is 0.746. The number of carbonyl (C=O) groups is 2. The van der Waals surface area contributed by atoms with E-state index < -0.39 is 0 Å². The largest absolute Gasteiger partial charge is 0.326 e. The minimum Gasteiger partial charge on any atom is -0.326 e. The van der Waals surface area contributed by atoms with Gasteiger partial charge in [-0.05, 0) is 6.42 Å². The van der Waals surface area contributed by atoms with Crippen molar-refractivity contribution in [2.75, 3.05) is 0 Å². The number of imide groups is 1. The van der Waals surface area contributed by atoms with E-state index in [2.05, 4.69) is 10.6 Å². The van der Waals surface area contributed by atoms with Crippen molar-refractivity contribution in [2.45, 2.75) is 19.4 Å². The zero-order chi connectivity index (χ0) is 6.85. The summed E-state index contributed by atoms with van der Waals surface area (Å²) in [5, 5.41) is 4.58. The first-order valence-corrected chi connectivity index (χ1v) is 2.85. The number of nitrogens with one attached hydrogen (secondary N) is 2. The van der Waals surface area contributed by atoms with Gasteiger partial charge in [0.1, 0.15) is 6.04 Å². The van der Waals surface area contributed by atoms with Gasteiger partial charge in [0.25, 0.3) is 5.91 Å². The van der Waals surface area contributed by atoms with Gasteiger partial charge in [-0.25, -0.2) is 4.79 Å². The van der Waals surface area contributed by atoms with Crippen molar-refractivity contribution in [3.63, 3.8) is 0 Å². The van der Waals surface area contributed by atoms with Gasteiger partial charge in [-0.1, -0.05) is 6.92 Å². The van der Waals surface area contributed by atoms with Crippen molar-refractivity contribution >= 4 is 11.9 Å². The lowest BCUT2D eigenvalue weighted by molar-refractivity contribution is -0.120. The zero-order valence-electron chi connectivity index (χ0n) is 5.10. The van der Waals surface area contributed by atoms with E-state index in [9.17, 15) is 9.59 Å². The van der Waals surface area contributed by atoms with E-state index in [1.807, 2.05) is 6.92 Å². The number of amides is 3. The lowest BCUT2D eigenvalue weighted by atomic mass is 10.2. The van der Waals surface area contributed by atoms with Crippen LogP contribution in [0.3, 0.4) is 0 Å². The number of hydrogen-bond donors (Lipinski definition) is 2. The summed E-state index contributed by atoms with van der Waals surface area (Å²) in [6.45, 7) is 1.84. The van der Waals surface area contributed by atoms with Crippen molar-refractivity contribution in [1.82, 2.24) is 10.6 Å². The molecule has 3 amide bonds. The molecule has 0 aromatic rings. The van der Waals surface area contributed by atoms with Crippen molar-refractivity contribution in [3.8, 4) is 0 Å². The summed E-state index contributed by atoms with van der Waals surface area (Å²) < 4.78 is 0. The minimum absolute atomic E-state index is 0.220. The molecule has 1 rings (SSSR count). The summed E-state index contributed by atoms with van der Waals surface area (Å²) in [4.78, 5) is 21.0. The van der Waals surface area contributed by atoms with Crippen molar-refractivity contribution < 1.29 is 9.59 Å². The van der Waals surface area contributed by atoms with Crippen LogP contribution in [0.25, 0.3) is 0 Å². The van der Waals surface area contributed by atoms with Crippen LogP contribution >= 0.6 is 0 Å². The van der Waals surface area contributed by atoms with E-state index in [1.165, 1.54) is 0 Å². The molecular weight excluding hydrogens is 120 g/mol. The Morgan fingerprint density at radius 2 is 2.22 bits per heavy atom. The second kappa shape index (κ2) is 2.05. The lowest BCUT2D eigenvalue weighted by Gasteiger charge is -1.98. The van der Waals surface area contributed by atoms with E-state index in [0.29, 0.717) is 6.42 Å². The van der Waals surface area contributed by atoms with Crippen LogP contribution in [0.1, 0.15) is 13.3 Å². The smallest absolute Gasteiger partial charge is 0.322 e. The summed E-state index contributed by atoms with van der Waals surface area (Å²) in [6, 6.07) is -0.690. The monoisotopic (exact) mass is 128 g/mol. The first-order valence-electron chi connectivity index (χ1n) is 2.85. The third-order valence-electron chi connectivity index (χ3n) is 1.27. The molecule has 0 unspecified atom stereocenters. The predicted octanol–water partition coefficient (Wildman–Crippen LogP) is -0.396. The molecule has 1 heterocycles. The standard InChI is InChI=1S/C5H8N2O2/c1-2-3-4(8)7-5(9)6-3/h3H,2H2,1H3,(H2,6,7,8,9)/t3-/m1/s1. The van der Waals surface area contributed by atoms with Gasteiger partial charge in [0, 0.05) is 0 Å². The van der Waals surface area contributed by atoms with Crippen LogP contribution in [0, 0.1) is 0 Å². The molecule has 1 atom stereocenters. The van der Waals surface area contributed by atoms with Gasteiger partial charge in [0.2, 0.25) is 0 Å². The van der Waals surface area contributed by atoms with Crippen LogP contribution in [0.4, 0.5) is 4.79 Å². The SMILES string of the molecule is CC[C@H]1NC(=O)NC1=O. The number of rotatable bonds is 1. The van der Waals surface area contributed by atoms with Gasteiger partial charge in [-0.3, -0.25) is 10.1 Å². The van der Waals surface area contributed by atoms with Crippen LogP contribution in [0.2, 0.25) is 0 Å². The summed E-state index contributed by atoms with van der Waals surface area (Å²) >= 11 is 0. The summed E-state index contributed by atoms with van der Waals surface area (Å²) in [6.07, 6.45) is 0.650. The molecule has 1 fully saturated rings. The van der Waals surface area contributed by atoms with Crippen LogP contribution in [0.5, 0.6) is 0 Å². The van der Waals surface area contributed by atoms with Crippen LogP contribution in [-0.2, 0) is 4.79 Å². The van der Waals surface area contributed by atoms with E-state index in [0.717, 1.165) is 0 Å². The maximum Gasteiger partial charge on any atom is 0.322 e. The molecule has 0 aromatic heterocycles. The highest BCUT2D eigenvalue weighted by Crippen LogP contribution is 1.95. The Morgan fingerprint density at radius 3 is 2.44 bits per heavy atom. The average Bonchev–Trinajstić information content (AvgIpc) is 2.10. The van der Waals surface area contributed by atoms with Gasteiger partial charge in [-0.15, -0.1) is 0 Å². The highest BCUT2D eigenvalue weighted by Gasteiger charge is 2.26. The van der Waals surface area contributed by atoms with Crippen molar-refractivity contribution in [3.05, 3.63) is 0 Å². The van der Waals surface area contributed by atoms with Crippen molar-refractivity contribution in [1.29, 1.82) is 0 Å². The normalized spacial score (nSPS) is 25.7. The molecule has 0 spiro atoms. The number of carbonyl (C=O) groups excluding carboxylic acids is 2. The molecule has 1 aliphatic rings. The van der Waals surface area contributed by atoms with Gasteiger partial charge >= 0.3 is 6.03 Å². The second-order valence-corrected chi connectivity index (χ2v) is 1.92. The molecule has 0 radical (unpaired) electrons. The Bertz CT molecular complexity index is 155. The first kappa shape index (κ1) is 6.07. The van der Waals surface area contributed by atoms with E-state index in [4.69, 9.17) is 0 Å². The molecule has 0 saturated carbocycles. The molecular formula is C5H8N2O2. The minimum atomic E-state index is -0.383. The predicted molar refractivity (Wildman–Crippen MR) is 30.8 cm³/mol. The van der Waals surface area contributed by atoms with Gasteiger partial charge in [-0.2, -0.15) is 0 Å². The van der Waals surface area contributed by atoms with Crippen LogP contribution in [0.15, 0.2) is 0 Å². The molecule has 2 N–H and O–H groups in total. The Kier molecular flexibility index (Phi) is 1.38. The van der Waals surface area contributed by atoms with E-state index in [1.54, 1.807) is 0 Å². The second-order valence-electron chi connectivity index (χ2n) is 1.92. The molecule has 0 bridgehead atoms. The Morgan fingerprint density at radius 1 is 1.56 bits per heavy atom. The van der Waals surface area contributed by atoms with Gasteiger partial charge in [0.05, 0.1) is 0 Å². The lowest BCUT2D eigenvalue weighted by Crippen LogP contribution is -2.27. The maximum absolute atomic E-state index is 10.6. The van der Waals surface area contributed by atoms with Crippen molar-refractivity contribution in [2.24, 2.45) is 0 Å². The van der Waals surface area contributed by atoms with Gasteiger partial charge in [0.15, 0.2) is 0 Å². The molecule has 0 aliphatic carbocycles. The van der Waals surface area contributed by atoms with Crippen LogP contribution in [-0.4, -0.2) is 18.0 Å². The number of hydrogen-bond acceptors (Lipinski definition) is 2. The molecule has 50 valence electrons. The third kappa shape index (κ3) is 1.01. The third-order valence-corrected chi connectivity index (χ3v) is 1.27. The average molecular weight is 128 g/mol. The molecule has 4 nitrogen and oxygen atoms in total. The molecule has 1 saturated heterocycles. The Hall–Kier alpha value is -1.06. The van der Waals surface area contributed by atoms with Gasteiger partial charge < -0.3 is 5.32 Å². The fourth-order valence-electron chi connectivity index (χ4n) is 0.746. The zero-order valence-corrected chi connectivity index (χ0v) is 5.10. The van der Waals surface area contributed by atoms with E-state index in [-0.39, 0.29) is 18.0 Å². The molecule has 4 heteroatoms. The topological polar surface area (TPSA) is 58.2 Å². The highest BCUT2D eigenvalue weighted by atomic mass is 16.2. The Balaban J connectivity index is 2.58. The fraction of sp³-hybridized carbons (Fsp3) is 0.600. The highest BCUT2D eigenvalue weighted by molar-refractivity contribution is 6.04. The molecule has 1 aliphatic heterocycles. The molecule has 9 heavy (non-hydrogen) atoms. The maximum atomic E-state index is 10.6. The summed E-state index contributed by atoms with van der Waals surface area (Å²) in [7, 11) is 0. The summed E-state index contributed by atoms with van der Waals surface area (Å²) in [5.74, 6) is -0.220. The number of urea groups is 1. The first-order chi connectivity index (χ1) is 4.24. The quantitative estimate of drug-likeness (QED) is 0.472. The molecule has 0 aromatic carbocycles. The summed E-state index contributed by atoms with van der Waals surface area (Å²) in [5.41, 5.74) is 0. The van der Waals surface area contributed by atoms with E-state index >= 15 is 0 Å².